The molecule has 1 atom stereocenters. The zero-order chi connectivity index (χ0) is 12.0. The maximum Gasteiger partial charge on any atom is 0.327 e. The fourth-order valence-electron chi connectivity index (χ4n) is 1.29. The minimum Gasteiger partial charge on any atom is -0.480 e. The minimum atomic E-state index is -1.02. The Labute approximate surface area is 93.0 Å². The predicted octanol–water partition coefficient (Wildman–Crippen LogP) is 0.575. The van der Waals surface area contributed by atoms with E-state index in [2.05, 4.69) is 10.1 Å². The fourth-order valence-corrected chi connectivity index (χ4v) is 1.29. The van der Waals surface area contributed by atoms with Gasteiger partial charge in [0.15, 0.2) is 0 Å². The molecule has 1 unspecified atom stereocenters. The third-order valence-corrected chi connectivity index (χ3v) is 2.03. The number of carbonyl (C=O) groups is 2. The molecule has 0 aliphatic rings. The summed E-state index contributed by atoms with van der Waals surface area (Å²) in [4.78, 5) is 21.9. The van der Waals surface area contributed by atoms with Crippen LogP contribution in [0.4, 0.5) is 0 Å². The van der Waals surface area contributed by atoms with Crippen molar-refractivity contribution in [3.63, 3.8) is 0 Å². The molecule has 1 aromatic rings. The fraction of sp³-hybridized carbons (Fsp3) is 0.273. The van der Waals surface area contributed by atoms with Gasteiger partial charge in [-0.25, -0.2) is 4.79 Å². The second kappa shape index (κ2) is 5.87. The van der Waals surface area contributed by atoms with Crippen molar-refractivity contribution in [1.29, 1.82) is 0 Å². The van der Waals surface area contributed by atoms with Gasteiger partial charge in [-0.1, -0.05) is 30.3 Å². The van der Waals surface area contributed by atoms with Gasteiger partial charge in [0, 0.05) is 0 Å². The van der Waals surface area contributed by atoms with E-state index in [0.717, 1.165) is 0 Å². The molecule has 0 fully saturated rings. The van der Waals surface area contributed by atoms with Crippen LogP contribution in [0.5, 0.6) is 0 Å². The second-order valence-corrected chi connectivity index (χ2v) is 3.14. The molecule has 16 heavy (non-hydrogen) atoms. The number of nitrogens with one attached hydrogen (secondary N) is 1. The lowest BCUT2D eigenvalue weighted by Gasteiger charge is -2.15. The van der Waals surface area contributed by atoms with Crippen molar-refractivity contribution in [2.24, 2.45) is 0 Å². The average molecular weight is 223 g/mol. The quantitative estimate of drug-likeness (QED) is 0.714. The number of aliphatic carboxylic acids is 1. The van der Waals surface area contributed by atoms with E-state index < -0.39 is 18.0 Å². The first-order chi connectivity index (χ1) is 7.65. The zero-order valence-electron chi connectivity index (χ0n) is 8.84. The summed E-state index contributed by atoms with van der Waals surface area (Å²) >= 11 is 0. The molecule has 0 aliphatic heterocycles. The SMILES string of the molecule is COC(=O)C(NCC(=O)O)c1ccccc1. The molecular weight excluding hydrogens is 210 g/mol. The van der Waals surface area contributed by atoms with Crippen molar-refractivity contribution < 1.29 is 19.4 Å². The van der Waals surface area contributed by atoms with Crippen LogP contribution in [0.3, 0.4) is 0 Å². The molecule has 0 aliphatic carbocycles. The van der Waals surface area contributed by atoms with Gasteiger partial charge in [-0.05, 0) is 5.56 Å². The highest BCUT2D eigenvalue weighted by Crippen LogP contribution is 2.13. The van der Waals surface area contributed by atoms with Crippen molar-refractivity contribution >= 4 is 11.9 Å². The molecular formula is C11H13NO4. The van der Waals surface area contributed by atoms with E-state index in [-0.39, 0.29) is 6.54 Å². The Balaban J connectivity index is 2.79. The van der Waals surface area contributed by atoms with Crippen molar-refractivity contribution in [1.82, 2.24) is 5.32 Å². The highest BCUT2D eigenvalue weighted by Gasteiger charge is 2.21. The van der Waals surface area contributed by atoms with Crippen LogP contribution in [0.25, 0.3) is 0 Å². The van der Waals surface area contributed by atoms with Crippen LogP contribution in [-0.4, -0.2) is 30.7 Å². The maximum atomic E-state index is 11.4. The molecule has 86 valence electrons. The Hall–Kier alpha value is -1.88. The molecule has 5 heteroatoms. The number of carboxylic acids is 1. The second-order valence-electron chi connectivity index (χ2n) is 3.14. The van der Waals surface area contributed by atoms with Gasteiger partial charge in [0.1, 0.15) is 6.04 Å². The highest BCUT2D eigenvalue weighted by molar-refractivity contribution is 5.78. The first kappa shape index (κ1) is 12.2. The lowest BCUT2D eigenvalue weighted by Crippen LogP contribution is -2.33. The molecule has 0 radical (unpaired) electrons. The summed E-state index contributed by atoms with van der Waals surface area (Å²) in [5.74, 6) is -1.53. The summed E-state index contributed by atoms with van der Waals surface area (Å²) in [6.07, 6.45) is 0. The van der Waals surface area contributed by atoms with Crippen LogP contribution < -0.4 is 5.32 Å². The van der Waals surface area contributed by atoms with E-state index in [0.29, 0.717) is 5.56 Å². The number of hydrogen-bond donors (Lipinski definition) is 2. The molecule has 0 aromatic heterocycles. The van der Waals surface area contributed by atoms with Gasteiger partial charge in [-0.3, -0.25) is 10.1 Å². The van der Waals surface area contributed by atoms with Gasteiger partial charge in [0.2, 0.25) is 0 Å². The molecule has 0 saturated heterocycles. The number of carbonyl (C=O) groups excluding carboxylic acids is 1. The van der Waals surface area contributed by atoms with Crippen molar-refractivity contribution in [2.45, 2.75) is 6.04 Å². The molecule has 0 amide bonds. The molecule has 5 nitrogen and oxygen atoms in total. The van der Waals surface area contributed by atoms with E-state index in [1.807, 2.05) is 6.07 Å². The number of esters is 1. The summed E-state index contributed by atoms with van der Waals surface area (Å²) in [7, 11) is 1.26. The average Bonchev–Trinajstić information content (AvgIpc) is 2.30. The van der Waals surface area contributed by atoms with E-state index in [1.54, 1.807) is 24.3 Å². The molecule has 0 heterocycles. The lowest BCUT2D eigenvalue weighted by molar-refractivity contribution is -0.143. The number of hydrogen-bond acceptors (Lipinski definition) is 4. The number of rotatable bonds is 5. The number of benzene rings is 1. The van der Waals surface area contributed by atoms with Crippen LogP contribution in [0.15, 0.2) is 30.3 Å². The lowest BCUT2D eigenvalue weighted by atomic mass is 10.1. The molecule has 1 rings (SSSR count). The number of methoxy groups -OCH3 is 1. The minimum absolute atomic E-state index is 0.297. The van der Waals surface area contributed by atoms with E-state index in [4.69, 9.17) is 5.11 Å². The Morgan fingerprint density at radius 3 is 2.50 bits per heavy atom. The van der Waals surface area contributed by atoms with Crippen molar-refractivity contribution in [2.75, 3.05) is 13.7 Å². The standard InChI is InChI=1S/C11H13NO4/c1-16-11(15)10(12-7-9(13)14)8-5-3-2-4-6-8/h2-6,10,12H,7H2,1H3,(H,13,14). The van der Waals surface area contributed by atoms with Crippen LogP contribution >= 0.6 is 0 Å². The highest BCUT2D eigenvalue weighted by atomic mass is 16.5. The first-order valence-corrected chi connectivity index (χ1v) is 4.73. The Bertz CT molecular complexity index is 364. The van der Waals surface area contributed by atoms with Gasteiger partial charge >= 0.3 is 11.9 Å². The van der Waals surface area contributed by atoms with Gasteiger partial charge in [0.25, 0.3) is 0 Å². The third-order valence-electron chi connectivity index (χ3n) is 2.03. The summed E-state index contributed by atoms with van der Waals surface area (Å²) < 4.78 is 4.60. The van der Waals surface area contributed by atoms with E-state index in [9.17, 15) is 9.59 Å². The van der Waals surface area contributed by atoms with Gasteiger partial charge in [-0.2, -0.15) is 0 Å². The smallest absolute Gasteiger partial charge is 0.327 e. The van der Waals surface area contributed by atoms with Crippen LogP contribution in [0, 0.1) is 0 Å². The van der Waals surface area contributed by atoms with Crippen LogP contribution in [0.1, 0.15) is 11.6 Å². The summed E-state index contributed by atoms with van der Waals surface area (Å²) in [6, 6.07) is 8.07. The van der Waals surface area contributed by atoms with Crippen molar-refractivity contribution in [3.05, 3.63) is 35.9 Å². The summed E-state index contributed by atoms with van der Waals surface area (Å²) in [6.45, 7) is -0.297. The molecule has 2 N–H and O–H groups in total. The maximum absolute atomic E-state index is 11.4. The molecule has 1 aromatic carbocycles. The van der Waals surface area contributed by atoms with Crippen molar-refractivity contribution in [3.8, 4) is 0 Å². The summed E-state index contributed by atoms with van der Waals surface area (Å²) in [5.41, 5.74) is 0.676. The van der Waals surface area contributed by atoms with Crippen LogP contribution in [-0.2, 0) is 14.3 Å². The molecule has 0 saturated carbocycles. The monoisotopic (exact) mass is 223 g/mol. The normalized spacial score (nSPS) is 11.8. The van der Waals surface area contributed by atoms with E-state index >= 15 is 0 Å². The van der Waals surface area contributed by atoms with Gasteiger partial charge in [-0.15, -0.1) is 0 Å². The van der Waals surface area contributed by atoms with Crippen LogP contribution in [0.2, 0.25) is 0 Å². The summed E-state index contributed by atoms with van der Waals surface area (Å²) in [5, 5.41) is 11.2. The molecule has 0 bridgehead atoms. The third kappa shape index (κ3) is 3.36. The zero-order valence-corrected chi connectivity index (χ0v) is 8.84. The largest absolute Gasteiger partial charge is 0.480 e. The van der Waals surface area contributed by atoms with Gasteiger partial charge in [0.05, 0.1) is 13.7 Å². The van der Waals surface area contributed by atoms with E-state index in [1.165, 1.54) is 7.11 Å². The Morgan fingerprint density at radius 2 is 2.00 bits per heavy atom. The topological polar surface area (TPSA) is 75.6 Å². The number of ether oxygens (including phenoxy) is 1. The Morgan fingerprint density at radius 1 is 1.38 bits per heavy atom. The Kier molecular flexibility index (Phi) is 4.47. The predicted molar refractivity (Wildman–Crippen MR) is 56.8 cm³/mol. The first-order valence-electron chi connectivity index (χ1n) is 4.73. The number of carboxylic acid groups (broad SMARTS) is 1. The van der Waals surface area contributed by atoms with Gasteiger partial charge < -0.3 is 9.84 Å². The molecule has 0 spiro atoms.